The maximum absolute atomic E-state index is 13.6. The van der Waals surface area contributed by atoms with Crippen LogP contribution in [0.25, 0.3) is 10.9 Å². The predicted molar refractivity (Wildman–Crippen MR) is 126 cm³/mol. The van der Waals surface area contributed by atoms with Crippen molar-refractivity contribution < 1.29 is 19.1 Å². The third-order valence-electron chi connectivity index (χ3n) is 6.22. The van der Waals surface area contributed by atoms with Gasteiger partial charge in [0.05, 0.1) is 11.6 Å². The van der Waals surface area contributed by atoms with Gasteiger partial charge in [-0.05, 0) is 54.8 Å². The third-order valence-corrected chi connectivity index (χ3v) is 6.22. The number of aromatic nitrogens is 2. The lowest BCUT2D eigenvalue weighted by Crippen LogP contribution is -2.33. The van der Waals surface area contributed by atoms with Gasteiger partial charge in [0.15, 0.2) is 11.5 Å². The first kappa shape index (κ1) is 21.6. The monoisotopic (exact) mass is 455 g/mol. The van der Waals surface area contributed by atoms with Gasteiger partial charge in [0.1, 0.15) is 5.82 Å². The minimum Gasteiger partial charge on any atom is -0.503 e. The Labute approximate surface area is 195 Å². The number of halogens is 1. The Morgan fingerprint density at radius 3 is 2.71 bits per heavy atom. The quantitative estimate of drug-likeness (QED) is 0.408. The highest BCUT2D eigenvalue weighted by atomic mass is 19.1. The summed E-state index contributed by atoms with van der Waals surface area (Å²) in [6, 6.07) is 14.6. The normalized spacial score (nSPS) is 16.0. The summed E-state index contributed by atoms with van der Waals surface area (Å²) in [6.45, 7) is 2.21. The molecule has 0 aliphatic carbocycles. The zero-order valence-corrected chi connectivity index (χ0v) is 18.5. The van der Waals surface area contributed by atoms with Crippen molar-refractivity contribution in [1.82, 2.24) is 14.9 Å². The molecule has 5 rings (SSSR count). The smallest absolute Gasteiger partial charge is 0.290 e. The van der Waals surface area contributed by atoms with E-state index in [-0.39, 0.29) is 17.9 Å². The Hall–Kier alpha value is -4.26. The van der Waals surface area contributed by atoms with E-state index in [2.05, 4.69) is 9.97 Å². The molecule has 0 bridgehead atoms. The molecular weight excluding hydrogens is 433 g/mol. The molecule has 2 aromatic heterocycles. The minimum absolute atomic E-state index is 0.0443. The fourth-order valence-corrected chi connectivity index (χ4v) is 4.47. The van der Waals surface area contributed by atoms with E-state index in [4.69, 9.17) is 0 Å². The molecule has 0 spiro atoms. The Bertz CT molecular complexity index is 1420. The molecule has 7 heteroatoms. The zero-order chi connectivity index (χ0) is 23.8. The number of benzene rings is 2. The second-order valence-corrected chi connectivity index (χ2v) is 8.40. The first-order chi connectivity index (χ1) is 16.4. The molecule has 1 amide bonds. The predicted octanol–water partition coefficient (Wildman–Crippen LogP) is 4.83. The molecule has 2 aromatic carbocycles. The van der Waals surface area contributed by atoms with Crippen molar-refractivity contribution >= 4 is 22.6 Å². The maximum Gasteiger partial charge on any atom is 0.290 e. The maximum atomic E-state index is 13.6. The average Bonchev–Trinajstić information content (AvgIpc) is 3.36. The molecule has 1 aliphatic rings. The minimum atomic E-state index is -0.733. The number of pyridine rings is 1. The molecule has 6 nitrogen and oxygen atoms in total. The van der Waals surface area contributed by atoms with Gasteiger partial charge in [-0.25, -0.2) is 4.39 Å². The number of aryl methyl sites for hydroxylation is 1. The SMILES string of the molecule is Cc1ccc(C2C(C(=O)c3cccnc3)=C(O)C(=O)N2CCc2c[nH]c3cc(F)ccc23)cc1. The summed E-state index contributed by atoms with van der Waals surface area (Å²) in [5.74, 6) is -1.90. The highest BCUT2D eigenvalue weighted by molar-refractivity contribution is 6.16. The van der Waals surface area contributed by atoms with Gasteiger partial charge in [0.25, 0.3) is 5.91 Å². The van der Waals surface area contributed by atoms with Crippen LogP contribution in [0.3, 0.4) is 0 Å². The van der Waals surface area contributed by atoms with E-state index < -0.39 is 23.5 Å². The molecule has 3 heterocycles. The van der Waals surface area contributed by atoms with E-state index in [0.717, 1.165) is 22.1 Å². The van der Waals surface area contributed by atoms with Gasteiger partial charge in [0.2, 0.25) is 0 Å². The standard InChI is InChI=1S/C27H22FN3O3/c1-16-4-6-17(7-5-16)24-23(25(32)19-3-2-11-29-14-19)26(33)27(34)31(24)12-10-18-15-30-22-13-20(28)8-9-21(18)22/h2-9,11,13-15,24,30,33H,10,12H2,1H3. The summed E-state index contributed by atoms with van der Waals surface area (Å²) >= 11 is 0. The summed E-state index contributed by atoms with van der Waals surface area (Å²) in [5, 5.41) is 11.7. The van der Waals surface area contributed by atoms with Crippen LogP contribution in [0.4, 0.5) is 4.39 Å². The molecular formula is C27H22FN3O3. The van der Waals surface area contributed by atoms with Crippen LogP contribution in [0, 0.1) is 12.7 Å². The summed E-state index contributed by atoms with van der Waals surface area (Å²) in [4.78, 5) is 35.1. The molecule has 2 N–H and O–H groups in total. The van der Waals surface area contributed by atoms with E-state index in [0.29, 0.717) is 17.5 Å². The highest BCUT2D eigenvalue weighted by Crippen LogP contribution is 2.39. The van der Waals surface area contributed by atoms with E-state index in [1.165, 1.54) is 23.2 Å². The fourth-order valence-electron chi connectivity index (χ4n) is 4.47. The van der Waals surface area contributed by atoms with Crippen LogP contribution >= 0.6 is 0 Å². The molecule has 1 atom stereocenters. The van der Waals surface area contributed by atoms with Crippen LogP contribution in [0.1, 0.15) is 33.1 Å². The van der Waals surface area contributed by atoms with Crippen molar-refractivity contribution in [2.45, 2.75) is 19.4 Å². The summed E-state index contributed by atoms with van der Waals surface area (Å²) in [6.07, 6.45) is 5.23. The Morgan fingerprint density at radius 2 is 1.97 bits per heavy atom. The number of aliphatic hydroxyl groups excluding tert-OH is 1. The number of amides is 1. The zero-order valence-electron chi connectivity index (χ0n) is 18.5. The first-order valence-electron chi connectivity index (χ1n) is 10.9. The number of ketones is 1. The van der Waals surface area contributed by atoms with Gasteiger partial charge in [-0.1, -0.05) is 29.8 Å². The molecule has 4 aromatic rings. The second-order valence-electron chi connectivity index (χ2n) is 8.40. The molecule has 0 saturated heterocycles. The number of carbonyl (C=O) groups is 2. The van der Waals surface area contributed by atoms with Gasteiger partial charge in [-0.2, -0.15) is 0 Å². The number of Topliss-reactive ketones (excluding diaryl/α,β-unsaturated/α-hetero) is 1. The van der Waals surface area contributed by atoms with Gasteiger partial charge >= 0.3 is 0 Å². The number of H-pyrrole nitrogens is 1. The second kappa shape index (κ2) is 8.59. The van der Waals surface area contributed by atoms with Crippen molar-refractivity contribution in [1.29, 1.82) is 0 Å². The number of nitrogens with one attached hydrogen (secondary N) is 1. The fraction of sp³-hybridized carbons (Fsp3) is 0.148. The Morgan fingerprint density at radius 1 is 1.18 bits per heavy atom. The number of aromatic amines is 1. The van der Waals surface area contributed by atoms with Gasteiger partial charge in [-0.3, -0.25) is 14.6 Å². The summed E-state index contributed by atoms with van der Waals surface area (Å²) < 4.78 is 13.6. The lowest BCUT2D eigenvalue weighted by atomic mass is 9.93. The van der Waals surface area contributed by atoms with Crippen LogP contribution in [-0.2, 0) is 11.2 Å². The highest BCUT2D eigenvalue weighted by Gasteiger charge is 2.43. The summed E-state index contributed by atoms with van der Waals surface area (Å²) in [5.41, 5.74) is 3.70. The van der Waals surface area contributed by atoms with E-state index >= 15 is 0 Å². The topological polar surface area (TPSA) is 86.3 Å². The van der Waals surface area contributed by atoms with E-state index in [9.17, 15) is 19.1 Å². The van der Waals surface area contributed by atoms with Gasteiger partial charge < -0.3 is 15.0 Å². The van der Waals surface area contributed by atoms with Crippen molar-refractivity contribution in [2.24, 2.45) is 0 Å². The number of hydrogen-bond donors (Lipinski definition) is 2. The Balaban J connectivity index is 1.51. The van der Waals surface area contributed by atoms with Crippen LogP contribution < -0.4 is 0 Å². The Kier molecular flexibility index (Phi) is 5.45. The number of nitrogens with zero attached hydrogens (tertiary/aromatic N) is 2. The summed E-state index contributed by atoms with van der Waals surface area (Å²) in [7, 11) is 0. The van der Waals surface area contributed by atoms with Crippen LogP contribution in [0.2, 0.25) is 0 Å². The van der Waals surface area contributed by atoms with Crippen LogP contribution in [0.5, 0.6) is 0 Å². The van der Waals surface area contributed by atoms with Crippen LogP contribution in [0.15, 0.2) is 84.5 Å². The average molecular weight is 455 g/mol. The van der Waals surface area contributed by atoms with Crippen LogP contribution in [-0.4, -0.2) is 38.2 Å². The lowest BCUT2D eigenvalue weighted by Gasteiger charge is -2.27. The number of fused-ring (bicyclic) bond motifs is 1. The molecule has 170 valence electrons. The van der Waals surface area contributed by atoms with Crippen molar-refractivity contribution in [3.05, 3.63) is 113 Å². The molecule has 34 heavy (non-hydrogen) atoms. The van der Waals surface area contributed by atoms with Crippen molar-refractivity contribution in [3.8, 4) is 0 Å². The number of aliphatic hydroxyl groups is 1. The molecule has 0 saturated carbocycles. The molecule has 0 radical (unpaired) electrons. The van der Waals surface area contributed by atoms with Crippen molar-refractivity contribution in [2.75, 3.05) is 6.54 Å². The number of rotatable bonds is 6. The van der Waals surface area contributed by atoms with Crippen molar-refractivity contribution in [3.63, 3.8) is 0 Å². The van der Waals surface area contributed by atoms with E-state index in [1.54, 1.807) is 30.6 Å². The third kappa shape index (κ3) is 3.75. The lowest BCUT2D eigenvalue weighted by molar-refractivity contribution is -0.129. The largest absolute Gasteiger partial charge is 0.503 e. The number of hydrogen-bond acceptors (Lipinski definition) is 4. The molecule has 1 aliphatic heterocycles. The molecule has 0 fully saturated rings. The number of carbonyl (C=O) groups excluding carboxylic acids is 2. The van der Waals surface area contributed by atoms with Gasteiger partial charge in [-0.15, -0.1) is 0 Å². The van der Waals surface area contributed by atoms with Gasteiger partial charge in [0, 0.05) is 41.6 Å². The first-order valence-corrected chi connectivity index (χ1v) is 10.9. The molecule has 1 unspecified atom stereocenters. The van der Waals surface area contributed by atoms with E-state index in [1.807, 2.05) is 31.2 Å².